The van der Waals surface area contributed by atoms with Crippen LogP contribution < -0.4 is 14.8 Å². The number of nitriles is 1. The molecule has 0 bridgehead atoms. The van der Waals surface area contributed by atoms with Gasteiger partial charge in [0.05, 0.1) is 17.7 Å². The summed E-state index contributed by atoms with van der Waals surface area (Å²) in [5.41, 5.74) is 1.12. The van der Waals surface area contributed by atoms with Crippen LogP contribution in [0.15, 0.2) is 48.5 Å². The molecule has 2 unspecified atom stereocenters. The Labute approximate surface area is 152 Å². The fourth-order valence-corrected chi connectivity index (χ4v) is 2.75. The number of para-hydroxylation sites is 2. The summed E-state index contributed by atoms with van der Waals surface area (Å²) in [5, 5.41) is 11.8. The van der Waals surface area contributed by atoms with Gasteiger partial charge in [-0.2, -0.15) is 5.26 Å². The Morgan fingerprint density at radius 3 is 2.85 bits per heavy atom. The van der Waals surface area contributed by atoms with Gasteiger partial charge in [0.15, 0.2) is 11.5 Å². The topological polar surface area (TPSA) is 74.6 Å². The maximum atomic E-state index is 12.5. The molecule has 1 N–H and O–H groups in total. The van der Waals surface area contributed by atoms with Gasteiger partial charge >= 0.3 is 0 Å². The lowest BCUT2D eigenvalue weighted by atomic mass is 10.2. The van der Waals surface area contributed by atoms with Crippen LogP contribution in [0.3, 0.4) is 0 Å². The van der Waals surface area contributed by atoms with Gasteiger partial charge < -0.3 is 14.8 Å². The molecule has 26 heavy (non-hydrogen) atoms. The maximum absolute atomic E-state index is 12.5. The smallest absolute Gasteiger partial charge is 0.241 e. The highest BCUT2D eigenvalue weighted by Gasteiger charge is 2.26. The van der Waals surface area contributed by atoms with Crippen molar-refractivity contribution in [2.24, 2.45) is 0 Å². The number of carbonyl (C=O) groups is 1. The van der Waals surface area contributed by atoms with Gasteiger partial charge in [0.25, 0.3) is 0 Å². The van der Waals surface area contributed by atoms with E-state index in [1.54, 1.807) is 24.3 Å². The number of carbonyl (C=O) groups excluding carboxylic acids is 1. The van der Waals surface area contributed by atoms with Crippen molar-refractivity contribution in [2.75, 3.05) is 25.5 Å². The molecule has 0 saturated carbocycles. The van der Waals surface area contributed by atoms with Gasteiger partial charge in [0, 0.05) is 12.2 Å². The highest BCUT2D eigenvalue weighted by molar-refractivity contribution is 5.94. The van der Waals surface area contributed by atoms with Crippen LogP contribution in [0.5, 0.6) is 11.5 Å². The minimum Gasteiger partial charge on any atom is -0.486 e. The Balaban J connectivity index is 1.56. The zero-order chi connectivity index (χ0) is 18.5. The molecule has 2 atom stereocenters. The van der Waals surface area contributed by atoms with Gasteiger partial charge in [-0.25, -0.2) is 0 Å². The number of likely N-dealkylation sites (N-methyl/N-ethyl adjacent to an activating group) is 1. The fourth-order valence-electron chi connectivity index (χ4n) is 2.75. The third-order valence-electron chi connectivity index (χ3n) is 4.36. The summed E-state index contributed by atoms with van der Waals surface area (Å²) in [6.07, 6.45) is -0.146. The number of fused-ring (bicyclic) bond motifs is 1. The van der Waals surface area contributed by atoms with Crippen molar-refractivity contribution in [1.29, 1.82) is 5.26 Å². The van der Waals surface area contributed by atoms with Crippen LogP contribution in [0.2, 0.25) is 0 Å². The quantitative estimate of drug-likeness (QED) is 0.896. The molecule has 1 heterocycles. The van der Waals surface area contributed by atoms with Gasteiger partial charge in [-0.05, 0) is 44.3 Å². The van der Waals surface area contributed by atoms with Crippen molar-refractivity contribution in [3.05, 3.63) is 54.1 Å². The molecule has 0 spiro atoms. The average molecular weight is 351 g/mol. The molecule has 1 aliphatic rings. The van der Waals surface area contributed by atoms with Gasteiger partial charge in [0.1, 0.15) is 12.7 Å². The number of rotatable bonds is 5. The van der Waals surface area contributed by atoms with E-state index in [-0.39, 0.29) is 18.1 Å². The van der Waals surface area contributed by atoms with Crippen LogP contribution in [0.1, 0.15) is 12.5 Å². The summed E-state index contributed by atoms with van der Waals surface area (Å²) in [4.78, 5) is 14.4. The van der Waals surface area contributed by atoms with Crippen molar-refractivity contribution >= 4 is 11.6 Å². The van der Waals surface area contributed by atoms with E-state index in [0.717, 1.165) is 11.5 Å². The SMILES string of the molecule is CC(C(=O)Nc1cccc(C#N)c1)N(C)CC1COc2ccccc2O1. The number of ether oxygens (including phenoxy) is 2. The zero-order valence-corrected chi connectivity index (χ0v) is 14.8. The van der Waals surface area contributed by atoms with Gasteiger partial charge in [-0.1, -0.05) is 18.2 Å². The predicted molar refractivity (Wildman–Crippen MR) is 98.2 cm³/mol. The molecule has 2 aromatic rings. The Bertz CT molecular complexity index is 831. The zero-order valence-electron chi connectivity index (χ0n) is 14.8. The normalized spacial score (nSPS) is 16.6. The van der Waals surface area contributed by atoms with Crippen molar-refractivity contribution in [1.82, 2.24) is 4.90 Å². The summed E-state index contributed by atoms with van der Waals surface area (Å²) in [5.74, 6) is 1.33. The van der Waals surface area contributed by atoms with Crippen molar-refractivity contribution in [3.63, 3.8) is 0 Å². The van der Waals surface area contributed by atoms with E-state index in [9.17, 15) is 4.79 Å². The molecular formula is C20H21N3O3. The molecular weight excluding hydrogens is 330 g/mol. The van der Waals surface area contributed by atoms with Crippen LogP contribution in [-0.2, 0) is 4.79 Å². The summed E-state index contributed by atoms with van der Waals surface area (Å²) in [7, 11) is 1.87. The monoisotopic (exact) mass is 351 g/mol. The molecule has 0 aromatic heterocycles. The second kappa shape index (κ2) is 7.89. The highest BCUT2D eigenvalue weighted by Crippen LogP contribution is 2.31. The molecule has 134 valence electrons. The number of nitrogens with zero attached hydrogens (tertiary/aromatic N) is 2. The van der Waals surface area contributed by atoms with E-state index in [4.69, 9.17) is 14.7 Å². The molecule has 6 heteroatoms. The summed E-state index contributed by atoms with van der Waals surface area (Å²) >= 11 is 0. The second-order valence-corrected chi connectivity index (χ2v) is 6.30. The van der Waals surface area contributed by atoms with E-state index >= 15 is 0 Å². The molecule has 0 fully saturated rings. The van der Waals surface area contributed by atoms with Gasteiger partial charge in [-0.3, -0.25) is 9.69 Å². The Morgan fingerprint density at radius 1 is 1.31 bits per heavy atom. The molecule has 1 aliphatic heterocycles. The summed E-state index contributed by atoms with van der Waals surface area (Å²) in [6.45, 7) is 2.84. The first-order chi connectivity index (χ1) is 12.6. The third kappa shape index (κ3) is 4.13. The number of amides is 1. The van der Waals surface area contributed by atoms with Crippen LogP contribution in [-0.4, -0.2) is 43.2 Å². The summed E-state index contributed by atoms with van der Waals surface area (Å²) in [6, 6.07) is 16.1. The number of hydrogen-bond acceptors (Lipinski definition) is 5. The van der Waals surface area contributed by atoms with Gasteiger partial charge in [0.2, 0.25) is 5.91 Å². The van der Waals surface area contributed by atoms with Crippen molar-refractivity contribution in [3.8, 4) is 17.6 Å². The molecule has 0 aliphatic carbocycles. The van der Waals surface area contributed by atoms with Crippen molar-refractivity contribution in [2.45, 2.75) is 19.1 Å². The van der Waals surface area contributed by atoms with Crippen molar-refractivity contribution < 1.29 is 14.3 Å². The first-order valence-electron chi connectivity index (χ1n) is 8.46. The molecule has 0 saturated heterocycles. The van der Waals surface area contributed by atoms with Gasteiger partial charge in [-0.15, -0.1) is 0 Å². The van der Waals surface area contributed by atoms with E-state index in [1.807, 2.05) is 43.1 Å². The lowest BCUT2D eigenvalue weighted by molar-refractivity contribution is -0.120. The third-order valence-corrected chi connectivity index (χ3v) is 4.36. The molecule has 2 aromatic carbocycles. The minimum absolute atomic E-state index is 0.139. The van der Waals surface area contributed by atoms with Crippen LogP contribution >= 0.6 is 0 Å². The number of benzene rings is 2. The van der Waals surface area contributed by atoms with E-state index in [2.05, 4.69) is 11.4 Å². The average Bonchev–Trinajstić information content (AvgIpc) is 2.67. The maximum Gasteiger partial charge on any atom is 0.241 e. The molecule has 1 amide bonds. The minimum atomic E-state index is -0.360. The standard InChI is InChI=1S/C20H21N3O3/c1-14(20(24)22-16-7-5-6-15(10-16)11-21)23(2)12-17-13-25-18-8-3-4-9-19(18)26-17/h3-10,14,17H,12-13H2,1-2H3,(H,22,24). The lowest BCUT2D eigenvalue weighted by Crippen LogP contribution is -2.46. The Hall–Kier alpha value is -3.04. The fraction of sp³-hybridized carbons (Fsp3) is 0.300. The molecule has 6 nitrogen and oxygen atoms in total. The van der Waals surface area contributed by atoms with Crippen LogP contribution in [0.25, 0.3) is 0 Å². The largest absolute Gasteiger partial charge is 0.486 e. The number of hydrogen-bond donors (Lipinski definition) is 1. The summed E-state index contributed by atoms with van der Waals surface area (Å²) < 4.78 is 11.7. The Morgan fingerprint density at radius 2 is 2.08 bits per heavy atom. The number of anilines is 1. The first-order valence-corrected chi connectivity index (χ1v) is 8.46. The van der Waals surface area contributed by atoms with E-state index < -0.39 is 0 Å². The Kier molecular flexibility index (Phi) is 5.40. The second-order valence-electron chi connectivity index (χ2n) is 6.30. The lowest BCUT2D eigenvalue weighted by Gasteiger charge is -2.31. The molecule has 0 radical (unpaired) electrons. The molecule has 3 rings (SSSR count). The van der Waals surface area contributed by atoms with E-state index in [0.29, 0.717) is 24.4 Å². The van der Waals surface area contributed by atoms with E-state index in [1.165, 1.54) is 0 Å². The number of nitrogens with one attached hydrogen (secondary N) is 1. The van der Waals surface area contributed by atoms with Crippen LogP contribution in [0, 0.1) is 11.3 Å². The predicted octanol–water partition coefficient (Wildman–Crippen LogP) is 2.66. The first kappa shape index (κ1) is 17.8. The van der Waals surface area contributed by atoms with Crippen LogP contribution in [0.4, 0.5) is 5.69 Å². The highest BCUT2D eigenvalue weighted by atomic mass is 16.6.